The maximum atomic E-state index is 15.1. The molecule has 7 nitrogen and oxygen atoms in total. The molecule has 2 aliphatic heterocycles. The lowest BCUT2D eigenvalue weighted by atomic mass is 10.0. The van der Waals surface area contributed by atoms with Gasteiger partial charge in [-0.1, -0.05) is 0 Å². The number of aromatic nitrogens is 1. The first-order valence-corrected chi connectivity index (χ1v) is 11.3. The van der Waals surface area contributed by atoms with Crippen LogP contribution in [0.3, 0.4) is 0 Å². The van der Waals surface area contributed by atoms with E-state index in [1.54, 1.807) is 4.90 Å². The van der Waals surface area contributed by atoms with Gasteiger partial charge < -0.3 is 26.0 Å². The number of fused-ring (bicyclic) bond motifs is 2. The number of nitrogens with zero attached hydrogens (tertiary/aromatic N) is 2. The second-order valence-corrected chi connectivity index (χ2v) is 9.08. The maximum absolute atomic E-state index is 15.1. The normalized spacial score (nSPS) is 18.3. The number of carbonyl (C=O) groups excluding carboxylic acids is 1. The molecular weight excluding hydrogens is 436 g/mol. The number of aryl methyl sites for hydroxylation is 1. The number of benzene rings is 1. The Bertz CT molecular complexity index is 1210. The summed E-state index contributed by atoms with van der Waals surface area (Å²) in [6.45, 7) is 4.34. The van der Waals surface area contributed by atoms with Crippen molar-refractivity contribution in [3.63, 3.8) is 0 Å². The topological polar surface area (TPSA) is 92.5 Å². The van der Waals surface area contributed by atoms with E-state index in [-0.39, 0.29) is 30.4 Å². The average Bonchev–Trinajstić information content (AvgIpc) is 3.10. The number of thiophene rings is 1. The van der Waals surface area contributed by atoms with Crippen LogP contribution in [-0.2, 0) is 6.42 Å². The number of pyridine rings is 1. The van der Waals surface area contributed by atoms with Gasteiger partial charge in [-0.05, 0) is 31.5 Å². The van der Waals surface area contributed by atoms with Crippen molar-refractivity contribution < 1.29 is 18.3 Å². The standard InChI is InChI=1S/C22H23F2N5O2S/c1-11-2-3-14-17(25)20(32-22(14)27-11)21(30)28-13-8-12-9-15(23)18(16(24)19(12)31-10-13)29-6-4-26-5-7-29/h2-3,9,13,26H,4-8,10,25H2,1H3,(H,28,30)/t13-/m0/s1. The first-order valence-electron chi connectivity index (χ1n) is 10.5. The minimum absolute atomic E-state index is 0.0476. The highest BCUT2D eigenvalue weighted by molar-refractivity contribution is 7.21. The Morgan fingerprint density at radius 1 is 1.34 bits per heavy atom. The number of piperazine rings is 1. The van der Waals surface area contributed by atoms with Crippen molar-refractivity contribution >= 4 is 38.8 Å². The quantitative estimate of drug-likeness (QED) is 0.558. The van der Waals surface area contributed by atoms with Crippen molar-refractivity contribution in [1.82, 2.24) is 15.6 Å². The predicted molar refractivity (Wildman–Crippen MR) is 121 cm³/mol. The number of halogens is 2. The third-order valence-electron chi connectivity index (χ3n) is 5.83. The molecule has 2 aliphatic rings. The summed E-state index contributed by atoms with van der Waals surface area (Å²) in [5, 5.41) is 6.79. The van der Waals surface area contributed by atoms with E-state index in [0.717, 1.165) is 11.1 Å². The second-order valence-electron chi connectivity index (χ2n) is 8.08. The Hall–Kier alpha value is -2.98. The zero-order valence-corrected chi connectivity index (χ0v) is 18.3. The van der Waals surface area contributed by atoms with Crippen molar-refractivity contribution in [3.05, 3.63) is 46.0 Å². The lowest BCUT2D eigenvalue weighted by Crippen LogP contribution is -2.45. The van der Waals surface area contributed by atoms with Crippen LogP contribution in [0.25, 0.3) is 10.2 Å². The fourth-order valence-electron chi connectivity index (χ4n) is 4.24. The van der Waals surface area contributed by atoms with E-state index in [4.69, 9.17) is 10.5 Å². The number of nitrogens with two attached hydrogens (primary N) is 1. The van der Waals surface area contributed by atoms with Gasteiger partial charge in [0.2, 0.25) is 0 Å². The second kappa shape index (κ2) is 8.18. The zero-order chi connectivity index (χ0) is 22.4. The number of anilines is 2. The molecule has 3 aromatic rings. The summed E-state index contributed by atoms with van der Waals surface area (Å²) in [7, 11) is 0. The number of hydrogen-bond donors (Lipinski definition) is 3. The molecule has 10 heteroatoms. The van der Waals surface area contributed by atoms with Gasteiger partial charge in [0.15, 0.2) is 11.6 Å². The number of amides is 1. The molecule has 4 heterocycles. The minimum Gasteiger partial charge on any atom is -0.488 e. The van der Waals surface area contributed by atoms with Crippen LogP contribution in [0.2, 0.25) is 0 Å². The van der Waals surface area contributed by atoms with E-state index in [2.05, 4.69) is 15.6 Å². The Balaban J connectivity index is 1.35. The van der Waals surface area contributed by atoms with Gasteiger partial charge in [-0.25, -0.2) is 13.8 Å². The third-order valence-corrected chi connectivity index (χ3v) is 6.94. The number of carbonyl (C=O) groups is 1. The molecule has 168 valence electrons. The van der Waals surface area contributed by atoms with E-state index in [9.17, 15) is 9.18 Å². The fraction of sp³-hybridized carbons (Fsp3) is 0.364. The van der Waals surface area contributed by atoms with Crippen LogP contribution in [-0.4, -0.2) is 49.7 Å². The van der Waals surface area contributed by atoms with Crippen LogP contribution < -0.4 is 26.0 Å². The fourth-order valence-corrected chi connectivity index (χ4v) is 5.28. The predicted octanol–water partition coefficient (Wildman–Crippen LogP) is 2.61. The van der Waals surface area contributed by atoms with Crippen molar-refractivity contribution in [1.29, 1.82) is 0 Å². The van der Waals surface area contributed by atoms with Crippen LogP contribution in [0.15, 0.2) is 18.2 Å². The molecule has 0 spiro atoms. The molecule has 32 heavy (non-hydrogen) atoms. The number of hydrogen-bond acceptors (Lipinski definition) is 7. The zero-order valence-electron chi connectivity index (χ0n) is 17.5. The first kappa shape index (κ1) is 20.9. The van der Waals surface area contributed by atoms with E-state index in [1.807, 2.05) is 19.1 Å². The molecule has 1 amide bonds. The Labute approximate surface area is 187 Å². The van der Waals surface area contributed by atoms with Crippen molar-refractivity contribution in [2.45, 2.75) is 19.4 Å². The molecule has 5 rings (SSSR count). The Morgan fingerprint density at radius 2 is 2.12 bits per heavy atom. The van der Waals surface area contributed by atoms with Gasteiger partial charge in [0.05, 0.1) is 11.7 Å². The molecule has 1 fully saturated rings. The number of nitrogen functional groups attached to an aromatic ring is 1. The van der Waals surface area contributed by atoms with E-state index in [0.29, 0.717) is 47.1 Å². The lowest BCUT2D eigenvalue weighted by Gasteiger charge is -2.32. The highest BCUT2D eigenvalue weighted by Gasteiger charge is 2.31. The first-order chi connectivity index (χ1) is 15.4. The van der Waals surface area contributed by atoms with Gasteiger partial charge in [0.1, 0.15) is 27.8 Å². The maximum Gasteiger partial charge on any atom is 0.263 e. The molecule has 0 aliphatic carbocycles. The molecular formula is C22H23F2N5O2S. The summed E-state index contributed by atoms with van der Waals surface area (Å²) >= 11 is 1.22. The highest BCUT2D eigenvalue weighted by atomic mass is 32.1. The number of rotatable bonds is 3. The van der Waals surface area contributed by atoms with Gasteiger partial charge in [-0.2, -0.15) is 0 Å². The van der Waals surface area contributed by atoms with Crippen LogP contribution in [0.5, 0.6) is 5.75 Å². The largest absolute Gasteiger partial charge is 0.488 e. The molecule has 2 aromatic heterocycles. The summed E-state index contributed by atoms with van der Waals surface area (Å²) in [6.07, 6.45) is 0.263. The van der Waals surface area contributed by atoms with Crippen LogP contribution in [0, 0.1) is 18.6 Å². The highest BCUT2D eigenvalue weighted by Crippen LogP contribution is 2.37. The van der Waals surface area contributed by atoms with Gasteiger partial charge in [-0.3, -0.25) is 4.79 Å². The van der Waals surface area contributed by atoms with Crippen LogP contribution in [0.1, 0.15) is 20.9 Å². The van der Waals surface area contributed by atoms with Crippen molar-refractivity contribution in [3.8, 4) is 5.75 Å². The molecule has 0 unspecified atom stereocenters. The third kappa shape index (κ3) is 3.63. The number of nitrogens with one attached hydrogen (secondary N) is 2. The molecule has 1 atom stereocenters. The lowest BCUT2D eigenvalue weighted by molar-refractivity contribution is 0.0919. The van der Waals surface area contributed by atoms with Crippen LogP contribution in [0.4, 0.5) is 20.2 Å². The van der Waals surface area contributed by atoms with E-state index < -0.39 is 17.7 Å². The SMILES string of the molecule is Cc1ccc2c(N)c(C(=O)N[C@@H]3COc4c(cc(F)c(N5CCNCC5)c4F)C3)sc2n1. The molecule has 0 radical (unpaired) electrons. The summed E-state index contributed by atoms with van der Waals surface area (Å²) in [4.78, 5) is 20.1. The van der Waals surface area contributed by atoms with E-state index in [1.165, 1.54) is 17.4 Å². The molecule has 4 N–H and O–H groups in total. The monoisotopic (exact) mass is 459 g/mol. The smallest absolute Gasteiger partial charge is 0.263 e. The molecule has 0 saturated carbocycles. The Morgan fingerprint density at radius 3 is 2.91 bits per heavy atom. The average molecular weight is 460 g/mol. The van der Waals surface area contributed by atoms with Crippen LogP contribution >= 0.6 is 11.3 Å². The van der Waals surface area contributed by atoms with Gasteiger partial charge in [0, 0.05) is 42.8 Å². The summed E-state index contributed by atoms with van der Waals surface area (Å²) in [5.74, 6) is -1.58. The summed E-state index contributed by atoms with van der Waals surface area (Å²) < 4.78 is 35.6. The Kier molecular flexibility index (Phi) is 5.34. The molecule has 1 saturated heterocycles. The molecule has 1 aromatic carbocycles. The summed E-state index contributed by atoms with van der Waals surface area (Å²) in [6, 6.07) is 4.57. The van der Waals surface area contributed by atoms with Gasteiger partial charge in [0.25, 0.3) is 5.91 Å². The van der Waals surface area contributed by atoms with Crippen molar-refractivity contribution in [2.24, 2.45) is 0 Å². The van der Waals surface area contributed by atoms with Crippen molar-refractivity contribution in [2.75, 3.05) is 43.4 Å². The minimum atomic E-state index is -0.679. The summed E-state index contributed by atoms with van der Waals surface area (Å²) in [5.41, 5.74) is 7.74. The number of ether oxygens (including phenoxy) is 1. The molecule has 0 bridgehead atoms. The van der Waals surface area contributed by atoms with E-state index >= 15 is 4.39 Å². The van der Waals surface area contributed by atoms with Gasteiger partial charge >= 0.3 is 0 Å². The van der Waals surface area contributed by atoms with Gasteiger partial charge in [-0.15, -0.1) is 11.3 Å².